The van der Waals surface area contributed by atoms with Crippen molar-refractivity contribution in [3.63, 3.8) is 0 Å². The number of rotatable bonds is 1. The number of carbonyl (C=O) groups excluding carboxylic acids is 1. The first kappa shape index (κ1) is 11.9. The molecule has 2 unspecified atom stereocenters. The minimum Gasteiger partial charge on any atom is -0.465 e. The number of aromatic nitrogens is 1. The van der Waals surface area contributed by atoms with Crippen LogP contribution in [0, 0.1) is 11.8 Å². The van der Waals surface area contributed by atoms with Crippen molar-refractivity contribution in [3.8, 4) is 0 Å². The van der Waals surface area contributed by atoms with Gasteiger partial charge in [0.2, 0.25) is 0 Å². The molecule has 0 spiro atoms. The number of fused-ring (bicyclic) bond motifs is 1. The van der Waals surface area contributed by atoms with Crippen molar-refractivity contribution >= 4 is 5.97 Å². The lowest BCUT2D eigenvalue weighted by Crippen LogP contribution is -2.17. The van der Waals surface area contributed by atoms with Crippen LogP contribution in [0.25, 0.3) is 0 Å². The standard InChI is InChI=1S/C7H7NO3.C5H8O/c1-11-7(10)5-3-2-4-8-6(5)9;1-4-2-6-3-5(1)4/h2-4H,1H3,(H,8,9);4-5H,1-3H2. The Kier molecular flexibility index (Phi) is 3.58. The molecule has 0 radical (unpaired) electrons. The monoisotopic (exact) mass is 237 g/mol. The Balaban J connectivity index is 0.000000148. The number of hydrogen-bond donors (Lipinski definition) is 1. The third-order valence-electron chi connectivity index (χ3n) is 2.96. The van der Waals surface area contributed by atoms with Crippen molar-refractivity contribution < 1.29 is 14.3 Å². The zero-order chi connectivity index (χ0) is 12.3. The highest BCUT2D eigenvalue weighted by molar-refractivity contribution is 5.88. The van der Waals surface area contributed by atoms with Gasteiger partial charge in [0.25, 0.3) is 5.56 Å². The Morgan fingerprint density at radius 3 is 2.59 bits per heavy atom. The second kappa shape index (κ2) is 5.14. The zero-order valence-corrected chi connectivity index (χ0v) is 9.64. The molecule has 5 nitrogen and oxygen atoms in total. The number of H-pyrrole nitrogens is 1. The van der Waals surface area contributed by atoms with Crippen molar-refractivity contribution in [1.29, 1.82) is 0 Å². The molecule has 1 N–H and O–H groups in total. The number of pyridine rings is 1. The summed E-state index contributed by atoms with van der Waals surface area (Å²) in [7, 11) is 1.23. The number of ether oxygens (including phenoxy) is 2. The summed E-state index contributed by atoms with van der Waals surface area (Å²) in [5.41, 5.74) is -0.408. The van der Waals surface area contributed by atoms with Crippen molar-refractivity contribution in [2.45, 2.75) is 6.42 Å². The quantitative estimate of drug-likeness (QED) is 0.734. The largest absolute Gasteiger partial charge is 0.465 e. The molecule has 3 rings (SSSR count). The minimum atomic E-state index is -0.619. The lowest BCUT2D eigenvalue weighted by Gasteiger charge is -1.94. The van der Waals surface area contributed by atoms with Crippen molar-refractivity contribution in [2.24, 2.45) is 11.8 Å². The smallest absolute Gasteiger partial charge is 0.343 e. The number of esters is 1. The first-order chi connectivity index (χ1) is 8.22. The molecule has 2 atom stereocenters. The molecule has 0 amide bonds. The maximum atomic E-state index is 10.9. The van der Waals surface area contributed by atoms with Gasteiger partial charge in [-0.05, 0) is 30.4 Å². The van der Waals surface area contributed by atoms with E-state index in [2.05, 4.69) is 9.72 Å². The third-order valence-corrected chi connectivity index (χ3v) is 2.96. The van der Waals surface area contributed by atoms with Gasteiger partial charge in [0.05, 0.1) is 7.11 Å². The molecule has 92 valence electrons. The topological polar surface area (TPSA) is 68.4 Å². The number of carbonyl (C=O) groups is 1. The van der Waals surface area contributed by atoms with E-state index < -0.39 is 11.5 Å². The van der Waals surface area contributed by atoms with E-state index in [1.807, 2.05) is 0 Å². The second-order valence-corrected chi connectivity index (χ2v) is 4.20. The van der Waals surface area contributed by atoms with Crippen molar-refractivity contribution in [2.75, 3.05) is 20.3 Å². The molecule has 1 saturated carbocycles. The lowest BCUT2D eigenvalue weighted by molar-refractivity contribution is 0.0598. The van der Waals surface area contributed by atoms with Crippen molar-refractivity contribution in [3.05, 3.63) is 34.2 Å². The minimum absolute atomic E-state index is 0.0231. The molecule has 5 heteroatoms. The highest BCUT2D eigenvalue weighted by Gasteiger charge is 2.41. The van der Waals surface area contributed by atoms with Crippen LogP contribution in [0.2, 0.25) is 0 Å². The van der Waals surface area contributed by atoms with E-state index in [1.165, 1.54) is 25.8 Å². The SMILES string of the molecule is C1OCC2CC12.COC(=O)c1ccc[nH]c1=O. The van der Waals surface area contributed by atoms with Gasteiger partial charge in [0.1, 0.15) is 5.56 Å². The van der Waals surface area contributed by atoms with Crippen LogP contribution in [0.1, 0.15) is 16.8 Å². The van der Waals surface area contributed by atoms with Crippen LogP contribution >= 0.6 is 0 Å². The van der Waals surface area contributed by atoms with Gasteiger partial charge in [-0.25, -0.2) is 4.79 Å². The van der Waals surface area contributed by atoms with Gasteiger partial charge in [0, 0.05) is 19.4 Å². The predicted molar refractivity (Wildman–Crippen MR) is 60.8 cm³/mol. The van der Waals surface area contributed by atoms with Crippen molar-refractivity contribution in [1.82, 2.24) is 4.98 Å². The average molecular weight is 237 g/mol. The summed E-state index contributed by atoms with van der Waals surface area (Å²) in [6, 6.07) is 2.97. The van der Waals surface area contributed by atoms with Gasteiger partial charge in [-0.15, -0.1) is 0 Å². The number of aromatic amines is 1. The van der Waals surface area contributed by atoms with Crippen LogP contribution in [0.15, 0.2) is 23.1 Å². The summed E-state index contributed by atoms with van der Waals surface area (Å²) >= 11 is 0. The molecule has 2 heterocycles. The van der Waals surface area contributed by atoms with E-state index in [0.717, 1.165) is 25.0 Å². The van der Waals surface area contributed by atoms with Crippen LogP contribution in [0.5, 0.6) is 0 Å². The van der Waals surface area contributed by atoms with Gasteiger partial charge in [-0.2, -0.15) is 0 Å². The molecule has 2 fully saturated rings. The summed E-state index contributed by atoms with van der Waals surface area (Å²) in [5, 5.41) is 0. The fourth-order valence-electron chi connectivity index (χ4n) is 1.78. The first-order valence-corrected chi connectivity index (χ1v) is 5.56. The van der Waals surface area contributed by atoms with Gasteiger partial charge < -0.3 is 14.5 Å². The second-order valence-electron chi connectivity index (χ2n) is 4.20. The first-order valence-electron chi connectivity index (χ1n) is 5.56. The summed E-state index contributed by atoms with van der Waals surface area (Å²) in [6.45, 7) is 2.12. The molecular weight excluding hydrogens is 222 g/mol. The van der Waals surface area contributed by atoms with Crippen LogP contribution in [-0.4, -0.2) is 31.3 Å². The Morgan fingerprint density at radius 1 is 1.47 bits per heavy atom. The summed E-state index contributed by atoms with van der Waals surface area (Å²) in [4.78, 5) is 24.0. The Hall–Kier alpha value is -1.62. The Morgan fingerprint density at radius 2 is 2.18 bits per heavy atom. The highest BCUT2D eigenvalue weighted by Crippen LogP contribution is 2.43. The Bertz CT molecular complexity index is 446. The average Bonchev–Trinajstić information content (AvgIpc) is 2.96. The van der Waals surface area contributed by atoms with Gasteiger partial charge >= 0.3 is 5.97 Å². The fourth-order valence-corrected chi connectivity index (χ4v) is 1.78. The highest BCUT2D eigenvalue weighted by atomic mass is 16.5. The maximum absolute atomic E-state index is 10.9. The normalized spacial score (nSPS) is 24.3. The summed E-state index contributed by atoms with van der Waals surface area (Å²) < 4.78 is 9.46. The van der Waals surface area contributed by atoms with E-state index in [-0.39, 0.29) is 5.56 Å². The molecule has 1 aromatic rings. The van der Waals surface area contributed by atoms with Crippen LogP contribution in [0.3, 0.4) is 0 Å². The van der Waals surface area contributed by atoms with Gasteiger partial charge in [-0.1, -0.05) is 0 Å². The van der Waals surface area contributed by atoms with Crippen LogP contribution < -0.4 is 5.56 Å². The zero-order valence-electron chi connectivity index (χ0n) is 9.64. The molecule has 1 aliphatic heterocycles. The molecule has 0 bridgehead atoms. The molecule has 0 aromatic carbocycles. The molecule has 17 heavy (non-hydrogen) atoms. The summed E-state index contributed by atoms with van der Waals surface area (Å²) in [6.07, 6.45) is 2.91. The maximum Gasteiger partial charge on any atom is 0.343 e. The number of methoxy groups -OCH3 is 1. The van der Waals surface area contributed by atoms with Crippen LogP contribution in [0.4, 0.5) is 0 Å². The van der Waals surface area contributed by atoms with Gasteiger partial charge in [-0.3, -0.25) is 4.79 Å². The molecule has 1 aliphatic carbocycles. The van der Waals surface area contributed by atoms with E-state index in [0.29, 0.717) is 0 Å². The number of nitrogens with one attached hydrogen (secondary N) is 1. The lowest BCUT2D eigenvalue weighted by atomic mass is 10.3. The third kappa shape index (κ3) is 2.94. The molecular formula is C12H15NO4. The molecule has 1 saturated heterocycles. The molecule has 2 aliphatic rings. The predicted octanol–water partition coefficient (Wildman–Crippen LogP) is 0.814. The van der Waals surface area contributed by atoms with E-state index in [1.54, 1.807) is 6.07 Å². The Labute approximate surface area is 98.7 Å². The number of hydrogen-bond acceptors (Lipinski definition) is 4. The van der Waals surface area contributed by atoms with Crippen LogP contribution in [-0.2, 0) is 9.47 Å². The van der Waals surface area contributed by atoms with E-state index in [4.69, 9.17) is 4.74 Å². The van der Waals surface area contributed by atoms with Gasteiger partial charge in [0.15, 0.2) is 0 Å². The molecule has 1 aromatic heterocycles. The van der Waals surface area contributed by atoms with E-state index in [9.17, 15) is 9.59 Å². The fraction of sp³-hybridized carbons (Fsp3) is 0.500. The summed E-state index contributed by atoms with van der Waals surface area (Å²) in [5.74, 6) is 1.36. The van der Waals surface area contributed by atoms with E-state index >= 15 is 0 Å².